The van der Waals surface area contributed by atoms with Gasteiger partial charge >= 0.3 is 25.7 Å². The molecule has 0 aromatic rings. The number of aliphatic hydroxyl groups is 1. The Balaban J connectivity index is 4.86. The summed E-state index contributed by atoms with van der Waals surface area (Å²) < 4.78 is 39.3. The molecule has 0 aliphatic rings. The number of phosphoric ester groups is 1. The Hall–Kier alpha value is -3.60. The van der Waals surface area contributed by atoms with E-state index >= 15 is 0 Å². The van der Waals surface area contributed by atoms with Crippen molar-refractivity contribution in [2.24, 2.45) is 0 Å². The Kier molecular flexibility index (Phi) is 51.0. The molecule has 0 spiro atoms. The molecule has 0 fully saturated rings. The van der Waals surface area contributed by atoms with E-state index < -0.39 is 57.8 Å². The predicted octanol–water partition coefficient (Wildman–Crippen LogP) is 16.5. The smallest absolute Gasteiger partial charge is 0.462 e. The van der Waals surface area contributed by atoms with Crippen molar-refractivity contribution in [3.63, 3.8) is 0 Å². The average Bonchev–Trinajstić information content (AvgIpc) is 3.37. The van der Waals surface area contributed by atoms with Crippen molar-refractivity contribution in [2.45, 2.75) is 238 Å². The molecule has 0 saturated heterocycles. The van der Waals surface area contributed by atoms with E-state index in [0.29, 0.717) is 19.3 Å². The molecule has 72 heavy (non-hydrogen) atoms. The van der Waals surface area contributed by atoms with Gasteiger partial charge in [0, 0.05) is 12.8 Å². The van der Waals surface area contributed by atoms with Gasteiger partial charge in [0.2, 0.25) is 0 Å². The van der Waals surface area contributed by atoms with Gasteiger partial charge in [-0.15, -0.1) is 0 Å². The molecule has 3 unspecified atom stereocenters. The van der Waals surface area contributed by atoms with Gasteiger partial charge in [0.05, 0.1) is 26.2 Å². The summed E-state index contributed by atoms with van der Waals surface area (Å²) in [7, 11) is -4.78. The number of phosphoric acid groups is 1. The summed E-state index contributed by atoms with van der Waals surface area (Å²) in [6.45, 7) is 4.35. The van der Waals surface area contributed by atoms with Crippen LogP contribution in [0.2, 0.25) is 0 Å². The van der Waals surface area contributed by atoms with Crippen LogP contribution in [0.1, 0.15) is 226 Å². The number of esters is 3. The van der Waals surface area contributed by atoms with Crippen LogP contribution in [-0.4, -0.2) is 66.5 Å². The van der Waals surface area contributed by atoms with Crippen LogP contribution in [0, 0.1) is 0 Å². The monoisotopic (exact) mass is 1030 g/mol. The standard InChI is InChI=1S/C60H101O11P/c1-4-7-10-13-16-19-22-25-27-28-30-32-34-37-40-43-46-49-58(62)67-53-57(71-60(64)51-48-45-42-39-36-33-29-26-23-20-17-14-11-8-5-2)55-69-72(65,66)68-54-56(52-61)70-59(63)50-47-44-41-38-35-31-24-21-18-15-12-9-6-3/h8,11,16-17,19-21,24-27,29,36,39,45,48,56-57,61H,4-7,9-10,12-15,18,22-23,28,30-35,37-38,40-44,46-47,49-55H2,1-3H3,(H,65,66)/b11-8-,19-16-,20-17-,24-21-,27-25-,29-26-,39-36-,48-45-. The van der Waals surface area contributed by atoms with Crippen molar-refractivity contribution in [3.05, 3.63) is 97.2 Å². The first-order valence-corrected chi connectivity index (χ1v) is 29.6. The molecule has 12 heteroatoms. The van der Waals surface area contributed by atoms with Crippen LogP contribution in [0.4, 0.5) is 0 Å². The Morgan fingerprint density at radius 1 is 0.417 bits per heavy atom. The lowest BCUT2D eigenvalue weighted by Gasteiger charge is -2.21. The zero-order chi connectivity index (χ0) is 52.7. The molecule has 0 aromatic heterocycles. The normalized spacial score (nSPS) is 14.1. The van der Waals surface area contributed by atoms with Gasteiger partial charge in [-0.05, 0) is 103 Å². The maximum atomic E-state index is 12.9. The highest BCUT2D eigenvalue weighted by molar-refractivity contribution is 7.47. The minimum absolute atomic E-state index is 0.0702. The van der Waals surface area contributed by atoms with Gasteiger partial charge in [-0.2, -0.15) is 0 Å². The van der Waals surface area contributed by atoms with Crippen LogP contribution in [0.3, 0.4) is 0 Å². The van der Waals surface area contributed by atoms with Crippen LogP contribution in [0.15, 0.2) is 97.2 Å². The van der Waals surface area contributed by atoms with Gasteiger partial charge in [0.1, 0.15) is 12.7 Å². The van der Waals surface area contributed by atoms with E-state index in [1.54, 1.807) is 6.08 Å². The number of hydrogen-bond donors (Lipinski definition) is 2. The quantitative estimate of drug-likeness (QED) is 0.0197. The number of carbonyl (C=O) groups is 3. The van der Waals surface area contributed by atoms with Crippen molar-refractivity contribution in [3.8, 4) is 0 Å². The Bertz CT molecular complexity index is 1580. The molecule has 0 radical (unpaired) electrons. The lowest BCUT2D eigenvalue weighted by molar-refractivity contribution is -0.160. The second kappa shape index (κ2) is 53.7. The van der Waals surface area contributed by atoms with Crippen LogP contribution >= 0.6 is 7.82 Å². The fraction of sp³-hybridized carbons (Fsp3) is 0.683. The summed E-state index contributed by atoms with van der Waals surface area (Å²) in [4.78, 5) is 48.4. The van der Waals surface area contributed by atoms with Gasteiger partial charge in [-0.3, -0.25) is 23.4 Å². The highest BCUT2D eigenvalue weighted by atomic mass is 31.2. The number of rotatable bonds is 51. The largest absolute Gasteiger partial charge is 0.472 e. The van der Waals surface area contributed by atoms with Crippen molar-refractivity contribution in [1.29, 1.82) is 0 Å². The molecule has 3 atom stereocenters. The summed E-state index contributed by atoms with van der Waals surface area (Å²) >= 11 is 0. The third-order valence-corrected chi connectivity index (χ3v) is 12.4. The van der Waals surface area contributed by atoms with Gasteiger partial charge in [-0.25, -0.2) is 4.57 Å². The van der Waals surface area contributed by atoms with E-state index in [4.69, 9.17) is 23.3 Å². The SMILES string of the molecule is CC/C=C\C/C=C\C/C=C\C/C=C\C/C=C\CC(=O)OC(COC(=O)CCCCCCCCC/C=C\C/C=C\CCCCC)COP(=O)(O)OCC(CO)OC(=O)CCCCCCC/C=C\CCCCCC. The highest BCUT2D eigenvalue weighted by Crippen LogP contribution is 2.43. The topological polar surface area (TPSA) is 155 Å². The van der Waals surface area contributed by atoms with Crippen LogP contribution in [-0.2, 0) is 42.2 Å². The molecular weight excluding hydrogens is 928 g/mol. The summed E-state index contributed by atoms with van der Waals surface area (Å²) in [5.74, 6) is -1.64. The number of carbonyl (C=O) groups excluding carboxylic acids is 3. The van der Waals surface area contributed by atoms with E-state index in [-0.39, 0.29) is 25.9 Å². The lowest BCUT2D eigenvalue weighted by atomic mass is 10.1. The second-order valence-electron chi connectivity index (χ2n) is 18.4. The lowest BCUT2D eigenvalue weighted by Crippen LogP contribution is -2.30. The fourth-order valence-electron chi connectivity index (χ4n) is 7.22. The predicted molar refractivity (Wildman–Crippen MR) is 297 cm³/mol. The summed E-state index contributed by atoms with van der Waals surface area (Å²) in [6.07, 6.45) is 62.5. The maximum Gasteiger partial charge on any atom is 0.472 e. The molecule has 0 aliphatic carbocycles. The first kappa shape index (κ1) is 68.4. The van der Waals surface area contributed by atoms with E-state index in [1.807, 2.05) is 18.2 Å². The van der Waals surface area contributed by atoms with E-state index in [2.05, 4.69) is 93.7 Å². The zero-order valence-corrected chi connectivity index (χ0v) is 46.3. The van der Waals surface area contributed by atoms with Gasteiger partial charge < -0.3 is 24.2 Å². The van der Waals surface area contributed by atoms with Gasteiger partial charge in [0.15, 0.2) is 6.10 Å². The first-order valence-electron chi connectivity index (χ1n) is 28.1. The van der Waals surface area contributed by atoms with Crippen LogP contribution in [0.5, 0.6) is 0 Å². The molecule has 0 aliphatic heterocycles. The van der Waals surface area contributed by atoms with Crippen molar-refractivity contribution in [1.82, 2.24) is 0 Å². The highest BCUT2D eigenvalue weighted by Gasteiger charge is 2.28. The molecule has 0 aromatic carbocycles. The van der Waals surface area contributed by atoms with E-state index in [9.17, 15) is 28.9 Å². The Morgan fingerprint density at radius 3 is 1.26 bits per heavy atom. The minimum atomic E-state index is -4.78. The second-order valence-corrected chi connectivity index (χ2v) is 19.8. The minimum Gasteiger partial charge on any atom is -0.462 e. The molecule has 2 N–H and O–H groups in total. The van der Waals surface area contributed by atoms with Gasteiger partial charge in [0.25, 0.3) is 0 Å². The zero-order valence-electron chi connectivity index (χ0n) is 45.4. The number of aliphatic hydroxyl groups excluding tert-OH is 1. The summed E-state index contributed by atoms with van der Waals surface area (Å²) in [6, 6.07) is 0. The van der Waals surface area contributed by atoms with Crippen molar-refractivity contribution >= 4 is 25.7 Å². The fourth-order valence-corrected chi connectivity index (χ4v) is 8.00. The Labute approximate surface area is 438 Å². The maximum absolute atomic E-state index is 12.9. The third-order valence-electron chi connectivity index (χ3n) is 11.5. The Morgan fingerprint density at radius 2 is 0.778 bits per heavy atom. The molecule has 11 nitrogen and oxygen atoms in total. The molecule has 0 saturated carbocycles. The summed E-state index contributed by atoms with van der Waals surface area (Å²) in [5.41, 5.74) is 0. The van der Waals surface area contributed by atoms with Crippen molar-refractivity contribution in [2.75, 3.05) is 26.4 Å². The first-order chi connectivity index (χ1) is 35.2. The average molecular weight is 1030 g/mol. The number of hydrogen-bond acceptors (Lipinski definition) is 10. The number of ether oxygens (including phenoxy) is 3. The molecule has 0 heterocycles. The third kappa shape index (κ3) is 51.3. The van der Waals surface area contributed by atoms with Crippen LogP contribution < -0.4 is 0 Å². The number of allylic oxidation sites excluding steroid dienone is 15. The van der Waals surface area contributed by atoms with E-state index in [0.717, 1.165) is 103 Å². The van der Waals surface area contributed by atoms with Crippen molar-refractivity contribution < 1.29 is 52.2 Å². The molecular formula is C60H101O11P. The summed E-state index contributed by atoms with van der Waals surface area (Å²) in [5, 5.41) is 9.79. The van der Waals surface area contributed by atoms with Crippen LogP contribution in [0.25, 0.3) is 0 Å². The molecule has 0 rings (SSSR count). The molecule has 0 bridgehead atoms. The molecule has 0 amide bonds. The van der Waals surface area contributed by atoms with E-state index in [1.165, 1.54) is 64.2 Å². The number of unbranched alkanes of at least 4 members (excludes halogenated alkanes) is 19. The molecule has 412 valence electrons. The van der Waals surface area contributed by atoms with Gasteiger partial charge in [-0.1, -0.05) is 201 Å².